The Bertz CT molecular complexity index is 788. The molecule has 3 N–H and O–H groups in total. The lowest BCUT2D eigenvalue weighted by Crippen LogP contribution is -2.67. The number of hydrogen-bond donors (Lipinski definition) is 2. The molecule has 2 heteroatoms. The summed E-state index contributed by atoms with van der Waals surface area (Å²) in [5.74, 6) is 3.67. The maximum Gasteiger partial charge on any atom is 0.0594 e. The highest BCUT2D eigenvalue weighted by Crippen LogP contribution is 2.77. The Kier molecular flexibility index (Phi) is 5.19. The highest BCUT2D eigenvalue weighted by Gasteiger charge is 2.70. The lowest BCUT2D eigenvalue weighted by atomic mass is 9.32. The van der Waals surface area contributed by atoms with Gasteiger partial charge in [-0.3, -0.25) is 0 Å². The van der Waals surface area contributed by atoms with Crippen LogP contribution in [-0.2, 0) is 0 Å². The van der Waals surface area contributed by atoms with Crippen LogP contribution < -0.4 is 5.73 Å². The first-order valence-corrected chi connectivity index (χ1v) is 13.9. The van der Waals surface area contributed by atoms with Crippen molar-refractivity contribution in [3.63, 3.8) is 0 Å². The Labute approximate surface area is 198 Å². The van der Waals surface area contributed by atoms with E-state index in [-0.39, 0.29) is 11.5 Å². The number of allylic oxidation sites excluding steroid dienone is 1. The van der Waals surface area contributed by atoms with Gasteiger partial charge in [-0.1, -0.05) is 46.8 Å². The molecule has 0 aliphatic heterocycles. The Morgan fingerprint density at radius 3 is 2.22 bits per heavy atom. The monoisotopic (exact) mass is 441 g/mol. The molecule has 5 saturated carbocycles. The zero-order valence-corrected chi connectivity index (χ0v) is 22.0. The Hall–Kier alpha value is -0.340. The molecule has 0 saturated heterocycles. The third-order valence-electron chi connectivity index (χ3n) is 13.6. The zero-order chi connectivity index (χ0) is 23.3. The molecule has 9 unspecified atom stereocenters. The zero-order valence-electron chi connectivity index (χ0n) is 22.0. The molecule has 0 aromatic carbocycles. The van der Waals surface area contributed by atoms with Crippen molar-refractivity contribution in [3.05, 3.63) is 12.2 Å². The van der Waals surface area contributed by atoms with Crippen molar-refractivity contribution < 1.29 is 5.11 Å². The molecule has 0 spiro atoms. The first-order valence-electron chi connectivity index (χ1n) is 13.9. The molecular formula is C30H51NO. The van der Waals surface area contributed by atoms with Crippen molar-refractivity contribution in [2.45, 2.75) is 112 Å². The number of rotatable bonds is 2. The highest BCUT2D eigenvalue weighted by molar-refractivity contribution is 5.21. The van der Waals surface area contributed by atoms with E-state index in [1.54, 1.807) is 0 Å². The van der Waals surface area contributed by atoms with Gasteiger partial charge in [-0.05, 0) is 134 Å². The molecule has 5 rings (SSSR count). The molecule has 0 heterocycles. The summed E-state index contributed by atoms with van der Waals surface area (Å²) in [7, 11) is 0. The van der Waals surface area contributed by atoms with E-state index in [4.69, 9.17) is 5.73 Å². The van der Waals surface area contributed by atoms with Crippen molar-refractivity contribution in [2.24, 2.45) is 62.4 Å². The van der Waals surface area contributed by atoms with Crippen molar-refractivity contribution in [3.8, 4) is 0 Å². The first-order chi connectivity index (χ1) is 14.9. The number of hydrogen-bond acceptors (Lipinski definition) is 2. The Morgan fingerprint density at radius 1 is 0.844 bits per heavy atom. The first kappa shape index (κ1) is 23.4. The number of aliphatic hydroxyl groups is 1. The van der Waals surface area contributed by atoms with E-state index in [1.165, 1.54) is 63.4 Å². The van der Waals surface area contributed by atoms with E-state index in [2.05, 4.69) is 48.1 Å². The summed E-state index contributed by atoms with van der Waals surface area (Å²) in [5.41, 5.74) is 9.59. The Morgan fingerprint density at radius 2 is 1.56 bits per heavy atom. The number of nitrogens with two attached hydrogens (primary N) is 1. The van der Waals surface area contributed by atoms with Crippen LogP contribution >= 0.6 is 0 Å². The van der Waals surface area contributed by atoms with Gasteiger partial charge < -0.3 is 10.8 Å². The molecule has 0 bridgehead atoms. The molecule has 2 nitrogen and oxygen atoms in total. The maximum atomic E-state index is 10.9. The van der Waals surface area contributed by atoms with Gasteiger partial charge >= 0.3 is 0 Å². The minimum atomic E-state index is -0.133. The van der Waals surface area contributed by atoms with Crippen LogP contribution in [0.2, 0.25) is 0 Å². The average molecular weight is 442 g/mol. The molecule has 0 aromatic rings. The molecular weight excluding hydrogens is 390 g/mol. The van der Waals surface area contributed by atoms with E-state index in [0.29, 0.717) is 33.5 Å². The molecule has 0 amide bonds. The van der Waals surface area contributed by atoms with E-state index < -0.39 is 0 Å². The minimum Gasteiger partial charge on any atom is -0.393 e. The van der Waals surface area contributed by atoms with Crippen LogP contribution in [0, 0.1) is 56.7 Å². The second-order valence-corrected chi connectivity index (χ2v) is 14.6. The van der Waals surface area contributed by atoms with E-state index in [0.717, 1.165) is 30.7 Å². The van der Waals surface area contributed by atoms with Gasteiger partial charge in [-0.25, -0.2) is 0 Å². The van der Waals surface area contributed by atoms with Gasteiger partial charge in [0.1, 0.15) is 0 Å². The summed E-state index contributed by atoms with van der Waals surface area (Å²) in [6.07, 6.45) is 12.8. The standard InChI is InChI=1S/C30H51NO/c1-19(2)20-10-15-30(18-31)17-16-28(6)21(25(20)30)8-9-23-27(5)13-12-24(32)26(3,4)22(27)11-14-29(23,28)7/h20-25,32H,1,8-18,31H2,2-7H3/t20?,21?,22?,23?,24?,25?,27?,28-,29?,30?/m1/s1. The summed E-state index contributed by atoms with van der Waals surface area (Å²) in [6.45, 7) is 20.4. The lowest BCUT2D eigenvalue weighted by molar-refractivity contribution is -0.247. The topological polar surface area (TPSA) is 46.2 Å². The summed E-state index contributed by atoms with van der Waals surface area (Å²) >= 11 is 0. The molecule has 5 aliphatic rings. The predicted octanol–water partition coefficient (Wildman–Crippen LogP) is 6.96. The third-order valence-corrected chi connectivity index (χ3v) is 13.6. The quantitative estimate of drug-likeness (QED) is 0.455. The second kappa shape index (κ2) is 7.09. The van der Waals surface area contributed by atoms with Crippen LogP contribution in [-0.4, -0.2) is 17.8 Å². The van der Waals surface area contributed by atoms with Crippen molar-refractivity contribution >= 4 is 0 Å². The minimum absolute atomic E-state index is 0.0455. The lowest BCUT2D eigenvalue weighted by Gasteiger charge is -2.73. The van der Waals surface area contributed by atoms with Crippen LogP contribution in [0.1, 0.15) is 106 Å². The second-order valence-electron chi connectivity index (χ2n) is 14.6. The molecule has 182 valence electrons. The molecule has 5 fully saturated rings. The van der Waals surface area contributed by atoms with E-state index in [1.807, 2.05) is 0 Å². The fourth-order valence-corrected chi connectivity index (χ4v) is 11.6. The van der Waals surface area contributed by atoms with Gasteiger partial charge in [0.25, 0.3) is 0 Å². The summed E-state index contributed by atoms with van der Waals surface area (Å²) in [5, 5.41) is 10.9. The van der Waals surface area contributed by atoms with Crippen LogP contribution in [0.15, 0.2) is 12.2 Å². The summed E-state index contributed by atoms with van der Waals surface area (Å²) in [6, 6.07) is 0. The molecule has 10 atom stereocenters. The number of aliphatic hydroxyl groups excluding tert-OH is 1. The van der Waals surface area contributed by atoms with Crippen LogP contribution in [0.5, 0.6) is 0 Å². The Balaban J connectivity index is 1.55. The smallest absolute Gasteiger partial charge is 0.0594 e. The van der Waals surface area contributed by atoms with Crippen molar-refractivity contribution in [1.29, 1.82) is 0 Å². The molecule has 0 radical (unpaired) electrons. The van der Waals surface area contributed by atoms with Gasteiger partial charge in [0, 0.05) is 0 Å². The summed E-state index contributed by atoms with van der Waals surface area (Å²) in [4.78, 5) is 0. The highest BCUT2D eigenvalue weighted by atomic mass is 16.3. The van der Waals surface area contributed by atoms with E-state index >= 15 is 0 Å². The van der Waals surface area contributed by atoms with Crippen LogP contribution in [0.3, 0.4) is 0 Å². The largest absolute Gasteiger partial charge is 0.393 e. The number of fused-ring (bicyclic) bond motifs is 7. The van der Waals surface area contributed by atoms with Gasteiger partial charge in [-0.2, -0.15) is 0 Å². The van der Waals surface area contributed by atoms with Crippen LogP contribution in [0.4, 0.5) is 0 Å². The van der Waals surface area contributed by atoms with Gasteiger partial charge in [0.05, 0.1) is 6.10 Å². The molecule has 5 aliphatic carbocycles. The molecule has 32 heavy (non-hydrogen) atoms. The van der Waals surface area contributed by atoms with Gasteiger partial charge in [0.15, 0.2) is 0 Å². The fourth-order valence-electron chi connectivity index (χ4n) is 11.6. The average Bonchev–Trinajstić information content (AvgIpc) is 3.12. The van der Waals surface area contributed by atoms with Crippen LogP contribution in [0.25, 0.3) is 0 Å². The van der Waals surface area contributed by atoms with Crippen molar-refractivity contribution in [1.82, 2.24) is 0 Å². The molecule has 0 aromatic heterocycles. The normalized spacial score (nSPS) is 56.5. The predicted molar refractivity (Wildman–Crippen MR) is 134 cm³/mol. The third kappa shape index (κ3) is 2.66. The summed E-state index contributed by atoms with van der Waals surface area (Å²) < 4.78 is 0. The van der Waals surface area contributed by atoms with Gasteiger partial charge in [0.2, 0.25) is 0 Å². The fraction of sp³-hybridized carbons (Fsp3) is 0.933. The van der Waals surface area contributed by atoms with Crippen molar-refractivity contribution in [2.75, 3.05) is 6.54 Å². The SMILES string of the molecule is C=C(C)C1CCC2(CN)CC[C@]3(C)C(CCC4C5(C)CCC(O)C(C)(C)C5CCC43C)C12. The van der Waals surface area contributed by atoms with Gasteiger partial charge in [-0.15, -0.1) is 0 Å². The maximum absolute atomic E-state index is 10.9. The van der Waals surface area contributed by atoms with E-state index in [9.17, 15) is 5.11 Å².